The van der Waals surface area contributed by atoms with Crippen LogP contribution in [0.25, 0.3) is 10.8 Å². The predicted molar refractivity (Wildman–Crippen MR) is 92.8 cm³/mol. The molecule has 0 aliphatic carbocycles. The Morgan fingerprint density at radius 1 is 1.04 bits per heavy atom. The second kappa shape index (κ2) is 5.49. The van der Waals surface area contributed by atoms with Crippen LogP contribution in [0.3, 0.4) is 0 Å². The fourth-order valence-electron chi connectivity index (χ4n) is 3.24. The van der Waals surface area contributed by atoms with E-state index in [0.29, 0.717) is 17.7 Å². The van der Waals surface area contributed by atoms with Gasteiger partial charge in [-0.1, -0.05) is 24.3 Å². The van der Waals surface area contributed by atoms with Crippen LogP contribution in [-0.2, 0) is 6.54 Å². The summed E-state index contributed by atoms with van der Waals surface area (Å²) in [5, 5.41) is 1.69. The molecule has 0 aromatic heterocycles. The normalized spacial score (nSPS) is 12.7. The van der Waals surface area contributed by atoms with Gasteiger partial charge in [-0.25, -0.2) is 0 Å². The van der Waals surface area contributed by atoms with Crippen molar-refractivity contribution in [2.75, 3.05) is 12.0 Å². The maximum absolute atomic E-state index is 12.8. The van der Waals surface area contributed by atoms with Crippen LogP contribution < -0.4 is 9.64 Å². The van der Waals surface area contributed by atoms with Crippen LogP contribution in [0, 0.1) is 0 Å². The van der Waals surface area contributed by atoms with E-state index in [0.717, 1.165) is 34.1 Å². The lowest BCUT2D eigenvalue weighted by molar-refractivity contribution is 0.0991. The number of methoxy groups -OCH3 is 1. The largest absolute Gasteiger partial charge is 0.497 e. The van der Waals surface area contributed by atoms with Gasteiger partial charge >= 0.3 is 0 Å². The predicted octanol–water partition coefficient (Wildman–Crippen LogP) is 3.82. The van der Waals surface area contributed by atoms with Crippen molar-refractivity contribution < 1.29 is 14.3 Å². The summed E-state index contributed by atoms with van der Waals surface area (Å²) in [5.41, 5.74) is 3.13. The van der Waals surface area contributed by atoms with Crippen LogP contribution in [0.4, 0.5) is 5.69 Å². The molecule has 0 bridgehead atoms. The first-order valence-electron chi connectivity index (χ1n) is 7.68. The first-order valence-corrected chi connectivity index (χ1v) is 7.68. The zero-order valence-corrected chi connectivity index (χ0v) is 13.2. The van der Waals surface area contributed by atoms with E-state index >= 15 is 0 Å². The molecule has 1 aliphatic rings. The van der Waals surface area contributed by atoms with E-state index in [1.54, 1.807) is 18.1 Å². The van der Waals surface area contributed by atoms with Gasteiger partial charge in [0.05, 0.1) is 19.3 Å². The molecule has 1 aliphatic heterocycles. The molecule has 1 heterocycles. The highest BCUT2D eigenvalue weighted by Crippen LogP contribution is 2.39. The van der Waals surface area contributed by atoms with Gasteiger partial charge in [0.15, 0.2) is 6.29 Å². The number of rotatable bonds is 4. The third-order valence-corrected chi connectivity index (χ3v) is 4.45. The standard InChI is InChI=1S/C20H15NO3/c1-24-15-8-5-13(6-9-15)11-21-18-10-7-14(12-22)16-3-2-4-17(19(16)18)20(21)23/h2-10,12H,11H2,1H3. The topological polar surface area (TPSA) is 46.6 Å². The van der Waals surface area contributed by atoms with E-state index in [1.165, 1.54) is 0 Å². The molecule has 118 valence electrons. The van der Waals surface area contributed by atoms with Crippen LogP contribution in [0.15, 0.2) is 54.6 Å². The SMILES string of the molecule is COc1ccc(CN2C(=O)c3cccc4c(C=O)ccc2c34)cc1. The fraction of sp³-hybridized carbons (Fsp3) is 0.100. The highest BCUT2D eigenvalue weighted by atomic mass is 16.5. The van der Waals surface area contributed by atoms with Gasteiger partial charge in [-0.15, -0.1) is 0 Å². The van der Waals surface area contributed by atoms with Gasteiger partial charge in [0.2, 0.25) is 0 Å². The van der Waals surface area contributed by atoms with E-state index in [1.807, 2.05) is 48.5 Å². The average molecular weight is 317 g/mol. The fourth-order valence-corrected chi connectivity index (χ4v) is 3.24. The van der Waals surface area contributed by atoms with Crippen LogP contribution >= 0.6 is 0 Å². The Balaban J connectivity index is 1.79. The van der Waals surface area contributed by atoms with Gasteiger partial charge in [-0.05, 0) is 41.3 Å². The summed E-state index contributed by atoms with van der Waals surface area (Å²) in [6.07, 6.45) is 0.833. The average Bonchev–Trinajstić information content (AvgIpc) is 2.90. The lowest BCUT2D eigenvalue weighted by Crippen LogP contribution is -2.25. The molecular formula is C20H15NO3. The molecule has 0 unspecified atom stereocenters. The quantitative estimate of drug-likeness (QED) is 0.687. The Hall–Kier alpha value is -3.14. The molecule has 0 fully saturated rings. The van der Waals surface area contributed by atoms with Crippen molar-refractivity contribution in [1.29, 1.82) is 0 Å². The van der Waals surface area contributed by atoms with E-state index in [-0.39, 0.29) is 5.91 Å². The van der Waals surface area contributed by atoms with E-state index in [9.17, 15) is 9.59 Å². The minimum atomic E-state index is -0.0329. The Kier molecular flexibility index (Phi) is 3.31. The van der Waals surface area contributed by atoms with Gasteiger partial charge < -0.3 is 9.64 Å². The lowest BCUT2D eigenvalue weighted by Gasteiger charge is -2.18. The van der Waals surface area contributed by atoms with Gasteiger partial charge in [0.1, 0.15) is 5.75 Å². The maximum atomic E-state index is 12.8. The molecular weight excluding hydrogens is 302 g/mol. The maximum Gasteiger partial charge on any atom is 0.259 e. The molecule has 4 rings (SSSR count). The third kappa shape index (κ3) is 2.07. The minimum Gasteiger partial charge on any atom is -0.497 e. The van der Waals surface area contributed by atoms with Gasteiger partial charge in [0, 0.05) is 16.5 Å². The molecule has 0 radical (unpaired) electrons. The summed E-state index contributed by atoms with van der Waals surface area (Å²) in [4.78, 5) is 25.8. The summed E-state index contributed by atoms with van der Waals surface area (Å²) in [6, 6.07) is 16.8. The molecule has 1 amide bonds. The molecule has 0 saturated carbocycles. The molecule has 4 heteroatoms. The number of hydrogen-bond acceptors (Lipinski definition) is 3. The summed E-state index contributed by atoms with van der Waals surface area (Å²) < 4.78 is 5.17. The van der Waals surface area contributed by atoms with E-state index in [2.05, 4.69) is 0 Å². The Labute approximate surface area is 139 Å². The number of ether oxygens (including phenoxy) is 1. The summed E-state index contributed by atoms with van der Waals surface area (Å²) in [7, 11) is 1.63. The van der Waals surface area contributed by atoms with Crippen LogP contribution in [0.1, 0.15) is 26.3 Å². The smallest absolute Gasteiger partial charge is 0.259 e. The van der Waals surface area contributed by atoms with Crippen molar-refractivity contribution in [1.82, 2.24) is 0 Å². The Morgan fingerprint density at radius 3 is 2.54 bits per heavy atom. The molecule has 3 aromatic rings. The number of carbonyl (C=O) groups excluding carboxylic acids is 2. The molecule has 3 aromatic carbocycles. The number of hydrogen-bond donors (Lipinski definition) is 0. The molecule has 0 atom stereocenters. The first kappa shape index (κ1) is 14.5. The van der Waals surface area contributed by atoms with Crippen LogP contribution in [0.5, 0.6) is 5.75 Å². The van der Waals surface area contributed by atoms with E-state index < -0.39 is 0 Å². The minimum absolute atomic E-state index is 0.0329. The van der Waals surface area contributed by atoms with Crippen molar-refractivity contribution in [3.63, 3.8) is 0 Å². The summed E-state index contributed by atoms with van der Waals surface area (Å²) in [6.45, 7) is 0.479. The third-order valence-electron chi connectivity index (χ3n) is 4.45. The van der Waals surface area contributed by atoms with Crippen molar-refractivity contribution >= 4 is 28.7 Å². The molecule has 0 saturated heterocycles. The Morgan fingerprint density at radius 2 is 1.83 bits per heavy atom. The number of benzene rings is 3. The Bertz CT molecular complexity index is 961. The first-order chi connectivity index (χ1) is 11.7. The lowest BCUT2D eigenvalue weighted by atomic mass is 10.0. The second-order valence-corrected chi connectivity index (χ2v) is 5.76. The zero-order chi connectivity index (χ0) is 16.7. The van der Waals surface area contributed by atoms with Crippen molar-refractivity contribution in [3.05, 3.63) is 71.3 Å². The van der Waals surface area contributed by atoms with E-state index in [4.69, 9.17) is 4.74 Å². The van der Waals surface area contributed by atoms with Gasteiger partial charge in [-0.3, -0.25) is 9.59 Å². The number of nitrogens with zero attached hydrogens (tertiary/aromatic N) is 1. The number of aldehydes is 1. The van der Waals surface area contributed by atoms with Crippen molar-refractivity contribution in [2.24, 2.45) is 0 Å². The highest BCUT2D eigenvalue weighted by molar-refractivity contribution is 6.26. The van der Waals surface area contributed by atoms with Gasteiger partial charge in [0.25, 0.3) is 5.91 Å². The number of carbonyl (C=O) groups is 2. The molecule has 4 nitrogen and oxygen atoms in total. The van der Waals surface area contributed by atoms with Crippen molar-refractivity contribution in [3.8, 4) is 5.75 Å². The van der Waals surface area contributed by atoms with Crippen LogP contribution in [0.2, 0.25) is 0 Å². The molecule has 0 spiro atoms. The summed E-state index contributed by atoms with van der Waals surface area (Å²) in [5.74, 6) is 0.752. The summed E-state index contributed by atoms with van der Waals surface area (Å²) >= 11 is 0. The molecule has 0 N–H and O–H groups in total. The zero-order valence-electron chi connectivity index (χ0n) is 13.2. The van der Waals surface area contributed by atoms with Gasteiger partial charge in [-0.2, -0.15) is 0 Å². The second-order valence-electron chi connectivity index (χ2n) is 5.76. The van der Waals surface area contributed by atoms with Crippen LogP contribution in [-0.4, -0.2) is 19.3 Å². The number of anilines is 1. The van der Waals surface area contributed by atoms with Crippen molar-refractivity contribution in [2.45, 2.75) is 6.54 Å². The molecule has 24 heavy (non-hydrogen) atoms. The highest BCUT2D eigenvalue weighted by Gasteiger charge is 2.30. The number of amides is 1. The monoisotopic (exact) mass is 317 g/mol.